The number of nitrogens with zero attached hydrogens (tertiary/aromatic N) is 5. The van der Waals surface area contributed by atoms with E-state index in [-0.39, 0.29) is 0 Å². The van der Waals surface area contributed by atoms with E-state index in [0.29, 0.717) is 13.2 Å². The van der Waals surface area contributed by atoms with Gasteiger partial charge < -0.3 is 14.5 Å². The highest BCUT2D eigenvalue weighted by Gasteiger charge is 2.15. The Morgan fingerprint density at radius 1 is 1.11 bits per heavy atom. The molecule has 7 heteroatoms. The summed E-state index contributed by atoms with van der Waals surface area (Å²) in [6.45, 7) is 2.08. The van der Waals surface area contributed by atoms with E-state index in [1.807, 2.05) is 27.5 Å². The van der Waals surface area contributed by atoms with Gasteiger partial charge in [-0.1, -0.05) is 6.08 Å². The molecule has 0 radical (unpaired) electrons. The summed E-state index contributed by atoms with van der Waals surface area (Å²) < 4.78 is 9.54. The Morgan fingerprint density at radius 3 is 3.07 bits per heavy atom. The van der Waals surface area contributed by atoms with Crippen LogP contribution in [0.1, 0.15) is 17.0 Å². The van der Waals surface area contributed by atoms with Gasteiger partial charge in [-0.25, -0.2) is 4.98 Å². The van der Waals surface area contributed by atoms with Crippen LogP contribution in [0.5, 0.6) is 0 Å². The Morgan fingerprint density at radius 2 is 2.11 bits per heavy atom. The Bertz CT molecular complexity index is 1210. The van der Waals surface area contributed by atoms with E-state index in [4.69, 9.17) is 4.74 Å². The molecule has 1 aliphatic heterocycles. The van der Waals surface area contributed by atoms with Gasteiger partial charge in [0.05, 0.1) is 36.8 Å². The third kappa shape index (κ3) is 2.51. The molecule has 0 bridgehead atoms. The van der Waals surface area contributed by atoms with Gasteiger partial charge in [-0.05, 0) is 30.2 Å². The molecule has 5 heterocycles. The molecule has 0 atom stereocenters. The maximum atomic E-state index is 5.51. The quantitative estimate of drug-likeness (QED) is 0.598. The van der Waals surface area contributed by atoms with E-state index in [1.165, 1.54) is 5.56 Å². The molecule has 4 aromatic heterocycles. The number of nitrogens with one attached hydrogen (secondary N) is 1. The Hall–Kier alpha value is -3.45. The number of imidazole rings is 1. The number of ether oxygens (including phenoxy) is 1. The third-order valence-corrected chi connectivity index (χ3v) is 5.26. The minimum Gasteiger partial charge on any atom is -0.373 e. The Kier molecular flexibility index (Phi) is 3.36. The molecule has 0 spiro atoms. The predicted molar refractivity (Wildman–Crippen MR) is 106 cm³/mol. The van der Waals surface area contributed by atoms with Gasteiger partial charge in [0.1, 0.15) is 0 Å². The minimum absolute atomic E-state index is 0.600. The summed E-state index contributed by atoms with van der Waals surface area (Å²) in [5.41, 5.74) is 7.37. The van der Waals surface area contributed by atoms with Gasteiger partial charge >= 0.3 is 0 Å². The molecular formula is C21H18N6O. The van der Waals surface area contributed by atoms with Gasteiger partial charge in [0.15, 0.2) is 11.5 Å². The molecule has 7 nitrogen and oxygen atoms in total. The zero-order valence-electron chi connectivity index (χ0n) is 15.2. The number of aromatic nitrogens is 5. The minimum atomic E-state index is 0.600. The second-order valence-electron chi connectivity index (χ2n) is 7.10. The van der Waals surface area contributed by atoms with Crippen LogP contribution in [0.4, 0.5) is 11.5 Å². The van der Waals surface area contributed by atoms with Crippen molar-refractivity contribution in [3.05, 3.63) is 66.0 Å². The molecule has 6 rings (SSSR count). The van der Waals surface area contributed by atoms with Crippen LogP contribution in [0.15, 0.2) is 49.1 Å². The SMILES string of the molecule is C1=Cc2ncc(-c3cc(Nc4cc5n(n4)CCOC5)c4nccn4c3)cc2C1. The van der Waals surface area contributed by atoms with Crippen LogP contribution < -0.4 is 5.32 Å². The average Bonchev–Trinajstić information content (AvgIpc) is 3.45. The van der Waals surface area contributed by atoms with E-state index in [1.54, 1.807) is 6.20 Å². The van der Waals surface area contributed by atoms with Crippen molar-refractivity contribution in [2.75, 3.05) is 11.9 Å². The lowest BCUT2D eigenvalue weighted by atomic mass is 10.1. The first kappa shape index (κ1) is 15.6. The topological polar surface area (TPSA) is 69.3 Å². The molecular weight excluding hydrogens is 352 g/mol. The maximum absolute atomic E-state index is 5.51. The highest BCUT2D eigenvalue weighted by molar-refractivity contribution is 5.79. The van der Waals surface area contributed by atoms with Crippen molar-refractivity contribution in [1.29, 1.82) is 0 Å². The highest BCUT2D eigenvalue weighted by atomic mass is 16.5. The summed E-state index contributed by atoms with van der Waals surface area (Å²) in [6.07, 6.45) is 13.0. The van der Waals surface area contributed by atoms with Crippen molar-refractivity contribution >= 4 is 23.2 Å². The van der Waals surface area contributed by atoms with Gasteiger partial charge in [0, 0.05) is 42.0 Å². The average molecular weight is 370 g/mol. The van der Waals surface area contributed by atoms with Crippen molar-refractivity contribution in [3.63, 3.8) is 0 Å². The summed E-state index contributed by atoms with van der Waals surface area (Å²) in [7, 11) is 0. The lowest BCUT2D eigenvalue weighted by Crippen LogP contribution is -2.16. The summed E-state index contributed by atoms with van der Waals surface area (Å²) in [6, 6.07) is 6.37. The zero-order chi connectivity index (χ0) is 18.5. The lowest BCUT2D eigenvalue weighted by molar-refractivity contribution is 0.0801. The number of pyridine rings is 2. The standard InChI is InChI=1S/C21H18N6O/c1-2-14-8-15(11-23-18(14)3-1)16-9-19(21-22-4-5-26(21)12-16)24-20-10-17-13-28-7-6-27(17)25-20/h1,3-5,8-12H,2,6-7,13H2,(H,24,25). The van der Waals surface area contributed by atoms with Crippen molar-refractivity contribution in [2.45, 2.75) is 19.6 Å². The van der Waals surface area contributed by atoms with E-state index in [9.17, 15) is 0 Å². The van der Waals surface area contributed by atoms with Crippen molar-refractivity contribution < 1.29 is 4.74 Å². The van der Waals surface area contributed by atoms with E-state index in [2.05, 4.69) is 50.9 Å². The first-order valence-corrected chi connectivity index (χ1v) is 9.37. The van der Waals surface area contributed by atoms with Crippen LogP contribution in [-0.4, -0.2) is 30.8 Å². The fourth-order valence-corrected chi connectivity index (χ4v) is 3.86. The smallest absolute Gasteiger partial charge is 0.160 e. The van der Waals surface area contributed by atoms with Crippen LogP contribution in [0.25, 0.3) is 22.9 Å². The lowest BCUT2D eigenvalue weighted by Gasteiger charge is -2.12. The van der Waals surface area contributed by atoms with Crippen molar-refractivity contribution in [3.8, 4) is 11.1 Å². The van der Waals surface area contributed by atoms with Crippen LogP contribution in [0, 0.1) is 0 Å². The molecule has 0 saturated carbocycles. The summed E-state index contributed by atoms with van der Waals surface area (Å²) >= 11 is 0. The zero-order valence-corrected chi connectivity index (χ0v) is 15.2. The molecule has 2 aliphatic rings. The second-order valence-corrected chi connectivity index (χ2v) is 7.10. The largest absolute Gasteiger partial charge is 0.373 e. The first-order chi connectivity index (χ1) is 13.8. The van der Waals surface area contributed by atoms with Crippen LogP contribution in [0.3, 0.4) is 0 Å². The number of rotatable bonds is 3. The monoisotopic (exact) mass is 370 g/mol. The van der Waals surface area contributed by atoms with Gasteiger partial charge in [-0.15, -0.1) is 0 Å². The van der Waals surface area contributed by atoms with Crippen molar-refractivity contribution in [2.24, 2.45) is 0 Å². The van der Waals surface area contributed by atoms with Crippen LogP contribution in [-0.2, 0) is 24.3 Å². The molecule has 0 saturated heterocycles. The summed E-state index contributed by atoms with van der Waals surface area (Å²) in [5.74, 6) is 0.804. The molecule has 0 amide bonds. The number of anilines is 2. The van der Waals surface area contributed by atoms with Gasteiger partial charge in [0.2, 0.25) is 0 Å². The van der Waals surface area contributed by atoms with Crippen molar-refractivity contribution in [1.82, 2.24) is 24.1 Å². The third-order valence-electron chi connectivity index (χ3n) is 5.26. The number of fused-ring (bicyclic) bond motifs is 3. The van der Waals surface area contributed by atoms with Crippen LogP contribution >= 0.6 is 0 Å². The second kappa shape index (κ2) is 6.03. The predicted octanol–water partition coefficient (Wildman–Crippen LogP) is 3.44. The molecule has 28 heavy (non-hydrogen) atoms. The maximum Gasteiger partial charge on any atom is 0.160 e. The molecule has 0 aromatic carbocycles. The number of hydrogen-bond donors (Lipinski definition) is 1. The molecule has 0 fully saturated rings. The van der Waals surface area contributed by atoms with E-state index >= 15 is 0 Å². The van der Waals surface area contributed by atoms with E-state index in [0.717, 1.165) is 52.6 Å². The molecule has 0 unspecified atom stereocenters. The van der Waals surface area contributed by atoms with Gasteiger partial charge in [-0.2, -0.15) is 5.10 Å². The number of allylic oxidation sites excluding steroid dienone is 1. The molecule has 4 aromatic rings. The normalized spacial score (nSPS) is 15.0. The molecule has 138 valence electrons. The van der Waals surface area contributed by atoms with E-state index < -0.39 is 0 Å². The fourth-order valence-electron chi connectivity index (χ4n) is 3.86. The molecule has 1 aliphatic carbocycles. The summed E-state index contributed by atoms with van der Waals surface area (Å²) in [4.78, 5) is 9.10. The first-order valence-electron chi connectivity index (χ1n) is 9.37. The Labute approximate surface area is 161 Å². The highest BCUT2D eigenvalue weighted by Crippen LogP contribution is 2.30. The molecule has 1 N–H and O–H groups in total. The Balaban J connectivity index is 1.42. The van der Waals surface area contributed by atoms with Gasteiger partial charge in [0.25, 0.3) is 0 Å². The van der Waals surface area contributed by atoms with Crippen LogP contribution in [0.2, 0.25) is 0 Å². The summed E-state index contributed by atoms with van der Waals surface area (Å²) in [5, 5.41) is 8.10. The fraction of sp³-hybridized carbons (Fsp3) is 0.190. The number of hydrogen-bond acceptors (Lipinski definition) is 5. The van der Waals surface area contributed by atoms with Gasteiger partial charge in [-0.3, -0.25) is 9.67 Å².